The van der Waals surface area contributed by atoms with E-state index in [-0.39, 0.29) is 5.91 Å². The van der Waals surface area contributed by atoms with Gasteiger partial charge in [0.15, 0.2) is 0 Å². The Balaban J connectivity index is 3.16. The number of nitrogens with one attached hydrogen (secondary N) is 1. The highest BCUT2D eigenvalue weighted by molar-refractivity contribution is 7.14. The summed E-state index contributed by atoms with van der Waals surface area (Å²) in [4.78, 5) is 11.4. The summed E-state index contributed by atoms with van der Waals surface area (Å²) >= 11 is 1.42. The van der Waals surface area contributed by atoms with Crippen LogP contribution >= 0.6 is 11.3 Å². The highest BCUT2D eigenvalue weighted by Gasteiger charge is 2.17. The van der Waals surface area contributed by atoms with Crippen molar-refractivity contribution in [3.05, 3.63) is 16.5 Å². The fraction of sp³-hybridized carbons (Fsp3) is 0.444. The molecule has 72 valence electrons. The summed E-state index contributed by atoms with van der Waals surface area (Å²) in [5, 5.41) is 5.14. The molecule has 0 spiro atoms. The largest absolute Gasteiger partial charge is 0.390 e. The van der Waals surface area contributed by atoms with Crippen LogP contribution in [0.4, 0.5) is 5.00 Å². The van der Waals surface area contributed by atoms with Crippen LogP contribution in [0.3, 0.4) is 0 Å². The third kappa shape index (κ3) is 1.83. The number of amides is 1. The Bertz CT molecular complexity index is 317. The first kappa shape index (κ1) is 10.1. The number of hydrogen-bond donors (Lipinski definition) is 2. The lowest BCUT2D eigenvalue weighted by Gasteiger charge is -2.06. The molecule has 0 unspecified atom stereocenters. The van der Waals surface area contributed by atoms with Crippen LogP contribution in [0.25, 0.3) is 0 Å². The fourth-order valence-electron chi connectivity index (χ4n) is 1.18. The number of thiophene rings is 1. The van der Waals surface area contributed by atoms with Crippen molar-refractivity contribution in [2.45, 2.75) is 19.8 Å². The van der Waals surface area contributed by atoms with Gasteiger partial charge in [-0.1, -0.05) is 13.8 Å². The number of carbonyl (C=O) groups is 1. The molecule has 3 N–H and O–H groups in total. The first-order valence-electron chi connectivity index (χ1n) is 4.16. The van der Waals surface area contributed by atoms with Gasteiger partial charge in [-0.15, -0.1) is 11.3 Å². The Labute approximate surface area is 81.9 Å². The van der Waals surface area contributed by atoms with Gasteiger partial charge in [0.2, 0.25) is 0 Å². The van der Waals surface area contributed by atoms with Gasteiger partial charge in [-0.25, -0.2) is 0 Å². The minimum atomic E-state index is -0.0950. The van der Waals surface area contributed by atoms with Crippen LogP contribution in [-0.2, 0) is 0 Å². The zero-order valence-electron chi connectivity index (χ0n) is 8.05. The lowest BCUT2D eigenvalue weighted by atomic mass is 10.0. The second-order valence-electron chi connectivity index (χ2n) is 3.16. The van der Waals surface area contributed by atoms with E-state index in [1.807, 2.05) is 19.2 Å². The van der Waals surface area contributed by atoms with Gasteiger partial charge in [0, 0.05) is 7.05 Å². The minimum absolute atomic E-state index is 0.0950. The van der Waals surface area contributed by atoms with Crippen LogP contribution in [0.5, 0.6) is 0 Å². The van der Waals surface area contributed by atoms with Crippen LogP contribution in [0.15, 0.2) is 5.38 Å². The smallest absolute Gasteiger partial charge is 0.254 e. The monoisotopic (exact) mass is 198 g/mol. The van der Waals surface area contributed by atoms with E-state index in [4.69, 9.17) is 5.73 Å². The normalized spacial score (nSPS) is 10.5. The fourth-order valence-corrected chi connectivity index (χ4v) is 2.15. The standard InChI is InChI=1S/C9H14N2OS/c1-5(2)6-4-13-8(10)7(6)9(12)11-3/h4-5H,10H2,1-3H3,(H,11,12). The van der Waals surface area contributed by atoms with E-state index in [2.05, 4.69) is 5.32 Å². The SMILES string of the molecule is CNC(=O)c1c(C(C)C)csc1N. The summed E-state index contributed by atoms with van der Waals surface area (Å²) < 4.78 is 0. The van der Waals surface area contributed by atoms with E-state index >= 15 is 0 Å². The molecule has 0 radical (unpaired) electrons. The summed E-state index contributed by atoms with van der Waals surface area (Å²) in [5.41, 5.74) is 7.38. The van der Waals surface area contributed by atoms with E-state index in [9.17, 15) is 4.79 Å². The minimum Gasteiger partial charge on any atom is -0.390 e. The van der Waals surface area contributed by atoms with Gasteiger partial charge >= 0.3 is 0 Å². The Morgan fingerprint density at radius 1 is 1.62 bits per heavy atom. The Morgan fingerprint density at radius 3 is 2.69 bits per heavy atom. The Morgan fingerprint density at radius 2 is 2.23 bits per heavy atom. The third-order valence-corrected chi connectivity index (χ3v) is 2.75. The number of nitrogens with two attached hydrogens (primary N) is 1. The predicted octanol–water partition coefficient (Wildman–Crippen LogP) is 1.81. The van der Waals surface area contributed by atoms with Gasteiger partial charge in [0.05, 0.1) is 10.6 Å². The van der Waals surface area contributed by atoms with E-state index in [0.717, 1.165) is 5.56 Å². The molecule has 0 aliphatic heterocycles. The summed E-state index contributed by atoms with van der Waals surface area (Å²) in [6.07, 6.45) is 0. The first-order valence-corrected chi connectivity index (χ1v) is 5.04. The van der Waals surface area contributed by atoms with E-state index < -0.39 is 0 Å². The van der Waals surface area contributed by atoms with Crippen molar-refractivity contribution in [2.75, 3.05) is 12.8 Å². The molecule has 0 bridgehead atoms. The van der Waals surface area contributed by atoms with Gasteiger partial charge in [0.25, 0.3) is 5.91 Å². The third-order valence-electron chi connectivity index (χ3n) is 1.92. The summed E-state index contributed by atoms with van der Waals surface area (Å²) in [5.74, 6) is 0.239. The topological polar surface area (TPSA) is 55.1 Å². The van der Waals surface area contributed by atoms with Crippen LogP contribution < -0.4 is 11.1 Å². The van der Waals surface area contributed by atoms with E-state index in [1.54, 1.807) is 7.05 Å². The van der Waals surface area contributed by atoms with E-state index in [0.29, 0.717) is 16.5 Å². The lowest BCUT2D eigenvalue weighted by molar-refractivity contribution is 0.0963. The molecule has 0 aromatic carbocycles. The van der Waals surface area contributed by atoms with Crippen LogP contribution in [0.1, 0.15) is 35.7 Å². The molecule has 13 heavy (non-hydrogen) atoms. The number of anilines is 1. The molecule has 0 aliphatic rings. The maximum atomic E-state index is 11.4. The molecule has 1 aromatic rings. The van der Waals surface area contributed by atoms with Gasteiger partial charge < -0.3 is 11.1 Å². The van der Waals surface area contributed by atoms with Gasteiger partial charge in [0.1, 0.15) is 0 Å². The summed E-state index contributed by atoms with van der Waals surface area (Å²) in [6.45, 7) is 4.10. The van der Waals surface area contributed by atoms with Crippen molar-refractivity contribution in [1.29, 1.82) is 0 Å². The molecular formula is C9H14N2OS. The molecule has 1 amide bonds. The molecule has 3 nitrogen and oxygen atoms in total. The summed E-state index contributed by atoms with van der Waals surface area (Å²) in [7, 11) is 1.61. The highest BCUT2D eigenvalue weighted by atomic mass is 32.1. The van der Waals surface area contributed by atoms with Crippen molar-refractivity contribution < 1.29 is 4.79 Å². The highest BCUT2D eigenvalue weighted by Crippen LogP contribution is 2.30. The van der Waals surface area contributed by atoms with Crippen molar-refractivity contribution in [2.24, 2.45) is 0 Å². The molecular weight excluding hydrogens is 184 g/mol. The first-order chi connectivity index (χ1) is 6.07. The molecule has 0 saturated heterocycles. The number of rotatable bonds is 2. The Hall–Kier alpha value is -1.03. The quantitative estimate of drug-likeness (QED) is 0.761. The van der Waals surface area contributed by atoms with Crippen molar-refractivity contribution in [3.63, 3.8) is 0 Å². The van der Waals surface area contributed by atoms with Crippen molar-refractivity contribution in [3.8, 4) is 0 Å². The Kier molecular flexibility index (Phi) is 2.93. The molecule has 0 saturated carbocycles. The number of carbonyl (C=O) groups excluding carboxylic acids is 1. The van der Waals surface area contributed by atoms with Crippen molar-refractivity contribution in [1.82, 2.24) is 5.32 Å². The average Bonchev–Trinajstić information content (AvgIpc) is 2.46. The van der Waals surface area contributed by atoms with Crippen LogP contribution in [-0.4, -0.2) is 13.0 Å². The average molecular weight is 198 g/mol. The molecule has 0 fully saturated rings. The molecule has 4 heteroatoms. The van der Waals surface area contributed by atoms with Crippen LogP contribution in [0, 0.1) is 0 Å². The number of hydrogen-bond acceptors (Lipinski definition) is 3. The van der Waals surface area contributed by atoms with E-state index in [1.165, 1.54) is 11.3 Å². The molecule has 0 atom stereocenters. The lowest BCUT2D eigenvalue weighted by Crippen LogP contribution is -2.20. The van der Waals surface area contributed by atoms with Gasteiger partial charge in [-0.2, -0.15) is 0 Å². The predicted molar refractivity (Wildman–Crippen MR) is 56.2 cm³/mol. The maximum absolute atomic E-state index is 11.4. The van der Waals surface area contributed by atoms with Crippen LogP contribution in [0.2, 0.25) is 0 Å². The van der Waals surface area contributed by atoms with Gasteiger partial charge in [-0.05, 0) is 16.9 Å². The maximum Gasteiger partial charge on any atom is 0.254 e. The summed E-state index contributed by atoms with van der Waals surface area (Å²) in [6, 6.07) is 0. The molecule has 1 rings (SSSR count). The molecule has 0 aliphatic carbocycles. The second kappa shape index (κ2) is 3.79. The zero-order chi connectivity index (χ0) is 10.0. The molecule has 1 aromatic heterocycles. The van der Waals surface area contributed by atoms with Gasteiger partial charge in [-0.3, -0.25) is 4.79 Å². The van der Waals surface area contributed by atoms with Crippen molar-refractivity contribution >= 4 is 22.2 Å². The second-order valence-corrected chi connectivity index (χ2v) is 4.08. The zero-order valence-corrected chi connectivity index (χ0v) is 8.87. The molecule has 1 heterocycles. The number of nitrogen functional groups attached to an aromatic ring is 1.